The highest BCUT2D eigenvalue weighted by Gasteiger charge is 2.54. The van der Waals surface area contributed by atoms with Gasteiger partial charge < -0.3 is 32.9 Å². The second-order valence-corrected chi connectivity index (χ2v) is 26.9. The maximum atomic E-state index is 10.5. The van der Waals surface area contributed by atoms with Crippen molar-refractivity contribution >= 4 is 27.0 Å². The van der Waals surface area contributed by atoms with Gasteiger partial charge in [0.15, 0.2) is 8.32 Å². The van der Waals surface area contributed by atoms with Gasteiger partial charge in [0.05, 0.1) is 39.1 Å². The number of aliphatic hydroxyl groups excluding tert-OH is 1. The van der Waals surface area contributed by atoms with Gasteiger partial charge in [-0.15, -0.1) is 0 Å². The zero-order chi connectivity index (χ0) is 43.2. The molecule has 5 aromatic rings. The lowest BCUT2D eigenvalue weighted by Gasteiger charge is -2.50. The Balaban J connectivity index is 1.38. The lowest BCUT2D eigenvalue weighted by Crippen LogP contribution is -2.66. The van der Waals surface area contributed by atoms with Crippen molar-refractivity contribution in [2.75, 3.05) is 26.4 Å². The summed E-state index contributed by atoms with van der Waals surface area (Å²) < 4.78 is 42.2. The van der Waals surface area contributed by atoms with Gasteiger partial charge in [-0.1, -0.05) is 179 Å². The minimum absolute atomic E-state index is 0.00365. The van der Waals surface area contributed by atoms with Crippen molar-refractivity contribution in [1.29, 1.82) is 0 Å². The first-order valence-corrected chi connectivity index (χ1v) is 27.1. The van der Waals surface area contributed by atoms with E-state index < -0.39 is 34.6 Å². The summed E-state index contributed by atoms with van der Waals surface area (Å²) in [4.78, 5) is 0. The van der Waals surface area contributed by atoms with Crippen LogP contribution in [-0.4, -0.2) is 66.2 Å². The molecule has 6 rings (SSSR count). The molecule has 0 aliphatic carbocycles. The minimum atomic E-state index is -2.86. The first-order chi connectivity index (χ1) is 29.4. The number of rotatable bonds is 21. The molecule has 0 saturated carbocycles. The summed E-state index contributed by atoms with van der Waals surface area (Å²) in [7, 11) is -5.15. The van der Waals surface area contributed by atoms with E-state index in [9.17, 15) is 5.11 Å². The maximum Gasteiger partial charge on any atom is 0.261 e. The van der Waals surface area contributed by atoms with Crippen molar-refractivity contribution in [2.45, 2.75) is 89.7 Å². The smallest absolute Gasteiger partial charge is 0.261 e. The molecule has 1 aliphatic rings. The molecule has 0 radical (unpaired) electrons. The second-order valence-electron chi connectivity index (χ2n) is 18.1. The van der Waals surface area contributed by atoms with Crippen molar-refractivity contribution in [1.82, 2.24) is 0 Å². The molecule has 1 heterocycles. The normalized spacial score (nSPS) is 20.5. The molecule has 0 aromatic heterocycles. The van der Waals surface area contributed by atoms with Gasteiger partial charge in [-0.25, -0.2) is 0 Å². The van der Waals surface area contributed by atoms with Crippen molar-refractivity contribution < 1.29 is 32.9 Å². The molecular formula is C52H66O7Si2. The molecule has 1 fully saturated rings. The third kappa shape index (κ3) is 12.6. The van der Waals surface area contributed by atoms with E-state index in [0.717, 1.165) is 16.7 Å². The standard InChI is InChI=1S/C52H66O7Si2/c1-51(2,3)61(47-28-18-10-19-29-47,48-30-20-11-21-31-48)58-39-45(33-35-53)32-34-52(56-38-44-26-16-9-17-27-44)50(59-60(4,5)6)49(55-37-43-24-14-8-15-25-43)46(41-57-52)40-54-36-42-22-12-7-13-23-42/h7-32,34,45-46,49-50,53H,33,35-41H2,1-6H3/b34-32+/t45-,46+,49+,50+,52+/m0/s1. The molecule has 5 atom stereocenters. The number of aliphatic hydroxyl groups is 1. The second kappa shape index (κ2) is 21.9. The van der Waals surface area contributed by atoms with Gasteiger partial charge in [0.1, 0.15) is 6.10 Å². The molecule has 7 nitrogen and oxygen atoms in total. The van der Waals surface area contributed by atoms with E-state index in [1.165, 1.54) is 10.4 Å². The lowest BCUT2D eigenvalue weighted by molar-refractivity contribution is -0.317. The Kier molecular flexibility index (Phi) is 16.7. The van der Waals surface area contributed by atoms with E-state index in [0.29, 0.717) is 46.1 Å². The van der Waals surface area contributed by atoms with Crippen molar-refractivity contribution in [3.63, 3.8) is 0 Å². The molecule has 5 aromatic carbocycles. The number of hydrogen-bond donors (Lipinski definition) is 1. The van der Waals surface area contributed by atoms with Gasteiger partial charge in [0.2, 0.25) is 5.79 Å². The highest BCUT2D eigenvalue weighted by atomic mass is 28.4. The zero-order valence-corrected chi connectivity index (χ0v) is 39.0. The summed E-state index contributed by atoms with van der Waals surface area (Å²) in [6.45, 7) is 15.7. The maximum absolute atomic E-state index is 10.5. The quantitative estimate of drug-likeness (QED) is 0.0582. The Morgan fingerprint density at radius 3 is 1.69 bits per heavy atom. The molecule has 9 heteroatoms. The van der Waals surface area contributed by atoms with E-state index in [4.69, 9.17) is 27.8 Å². The van der Waals surface area contributed by atoms with Crippen LogP contribution in [0.25, 0.3) is 0 Å². The van der Waals surface area contributed by atoms with Crippen LogP contribution in [0.2, 0.25) is 24.7 Å². The van der Waals surface area contributed by atoms with Crippen LogP contribution in [0.1, 0.15) is 43.9 Å². The fourth-order valence-electron chi connectivity index (χ4n) is 8.21. The van der Waals surface area contributed by atoms with Crippen molar-refractivity contribution in [2.24, 2.45) is 11.8 Å². The fraction of sp³-hybridized carbons (Fsp3) is 0.385. The average Bonchev–Trinajstić information content (AvgIpc) is 3.26. The van der Waals surface area contributed by atoms with E-state index in [2.05, 4.69) is 144 Å². The molecule has 1 saturated heterocycles. The minimum Gasteiger partial charge on any atom is -0.407 e. The molecule has 0 bridgehead atoms. The zero-order valence-electron chi connectivity index (χ0n) is 37.0. The van der Waals surface area contributed by atoms with Crippen LogP contribution in [0.5, 0.6) is 0 Å². The van der Waals surface area contributed by atoms with Crippen LogP contribution in [-0.2, 0) is 47.6 Å². The molecule has 324 valence electrons. The molecule has 1 aliphatic heterocycles. The van der Waals surface area contributed by atoms with E-state index in [1.807, 2.05) is 60.7 Å². The van der Waals surface area contributed by atoms with Crippen molar-refractivity contribution in [3.05, 3.63) is 181 Å². The highest BCUT2D eigenvalue weighted by molar-refractivity contribution is 6.99. The number of ether oxygens (including phenoxy) is 4. The monoisotopic (exact) mass is 858 g/mol. The topological polar surface area (TPSA) is 75.6 Å². The SMILES string of the molecule is CC(C)(C)[Si](OC[C@@H](/C=C/[C@@]1(OCc2ccccc2)OC[C@@H](COCc2ccccc2)[C@@H](OCc2ccccc2)[C@H]1O[Si](C)(C)C)CCO)(c1ccccc1)c1ccccc1. The first kappa shape index (κ1) is 46.5. The molecule has 0 unspecified atom stereocenters. The van der Waals surface area contributed by atoms with Crippen LogP contribution in [0.3, 0.4) is 0 Å². The number of benzene rings is 5. The highest BCUT2D eigenvalue weighted by Crippen LogP contribution is 2.40. The van der Waals surface area contributed by atoms with Gasteiger partial charge in [-0.2, -0.15) is 0 Å². The first-order valence-electron chi connectivity index (χ1n) is 21.7. The fourth-order valence-corrected chi connectivity index (χ4v) is 13.9. The third-order valence-corrected chi connectivity index (χ3v) is 17.2. The summed E-state index contributed by atoms with van der Waals surface area (Å²) in [5.74, 6) is -1.66. The summed E-state index contributed by atoms with van der Waals surface area (Å²) in [6, 6.07) is 52.0. The van der Waals surface area contributed by atoms with E-state index in [-0.39, 0.29) is 23.5 Å². The van der Waals surface area contributed by atoms with Gasteiger partial charge in [-0.05, 0) is 64.2 Å². The van der Waals surface area contributed by atoms with Crippen LogP contribution in [0.4, 0.5) is 0 Å². The average molecular weight is 859 g/mol. The van der Waals surface area contributed by atoms with E-state index in [1.54, 1.807) is 0 Å². The van der Waals surface area contributed by atoms with Crippen LogP contribution in [0.15, 0.2) is 164 Å². The molecule has 1 N–H and O–H groups in total. The number of hydrogen-bond acceptors (Lipinski definition) is 7. The lowest BCUT2D eigenvalue weighted by atomic mass is 9.89. The van der Waals surface area contributed by atoms with E-state index >= 15 is 0 Å². The van der Waals surface area contributed by atoms with Gasteiger partial charge >= 0.3 is 0 Å². The molecule has 0 spiro atoms. The largest absolute Gasteiger partial charge is 0.407 e. The van der Waals surface area contributed by atoms with Crippen LogP contribution < -0.4 is 10.4 Å². The van der Waals surface area contributed by atoms with Crippen LogP contribution in [0, 0.1) is 11.8 Å². The van der Waals surface area contributed by atoms with Gasteiger partial charge in [0, 0.05) is 25.0 Å². The summed E-state index contributed by atoms with van der Waals surface area (Å²) >= 11 is 0. The van der Waals surface area contributed by atoms with Gasteiger partial charge in [-0.3, -0.25) is 0 Å². The Labute approximate surface area is 366 Å². The summed E-state index contributed by atoms with van der Waals surface area (Å²) in [5, 5.41) is 12.8. The third-order valence-electron chi connectivity index (χ3n) is 11.2. The van der Waals surface area contributed by atoms with Gasteiger partial charge in [0.25, 0.3) is 8.32 Å². The Hall–Kier alpha value is -4.01. The molecule has 61 heavy (non-hydrogen) atoms. The summed E-state index contributed by atoms with van der Waals surface area (Å²) in [6.07, 6.45) is 3.57. The molecule has 0 amide bonds. The predicted molar refractivity (Wildman–Crippen MR) is 251 cm³/mol. The Bertz CT molecular complexity index is 1980. The predicted octanol–water partition coefficient (Wildman–Crippen LogP) is 9.70. The van der Waals surface area contributed by atoms with Crippen LogP contribution >= 0.6 is 0 Å². The molecular weight excluding hydrogens is 793 g/mol. The van der Waals surface area contributed by atoms with Crippen molar-refractivity contribution in [3.8, 4) is 0 Å². The summed E-state index contributed by atoms with van der Waals surface area (Å²) in [5.41, 5.74) is 3.19. The Morgan fingerprint density at radius 1 is 0.705 bits per heavy atom. The Morgan fingerprint density at radius 2 is 1.20 bits per heavy atom.